The fraction of sp³-hybridized carbons (Fsp3) is 0.333. The van der Waals surface area contributed by atoms with Crippen molar-refractivity contribution in [2.24, 2.45) is 5.92 Å². The molecule has 1 aromatic heterocycles. The van der Waals surface area contributed by atoms with Crippen molar-refractivity contribution in [1.29, 1.82) is 0 Å². The number of aliphatic carboxylic acids is 1. The summed E-state index contributed by atoms with van der Waals surface area (Å²) in [6, 6.07) is 6.56. The first-order chi connectivity index (χ1) is 10.4. The number of fused-ring (bicyclic) bond motifs is 1. The third kappa shape index (κ3) is 2.69. The lowest BCUT2D eigenvalue weighted by Crippen LogP contribution is -2.46. The summed E-state index contributed by atoms with van der Waals surface area (Å²) in [6.45, 7) is 1.90. The summed E-state index contributed by atoms with van der Waals surface area (Å²) in [7, 11) is -3.71. The van der Waals surface area contributed by atoms with E-state index in [2.05, 4.69) is 9.71 Å². The summed E-state index contributed by atoms with van der Waals surface area (Å²) in [5.74, 6) is -1.33. The molecule has 1 saturated carbocycles. The molecule has 0 spiro atoms. The predicted octanol–water partition coefficient (Wildman–Crippen LogP) is 1.68. The van der Waals surface area contributed by atoms with Crippen molar-refractivity contribution >= 4 is 26.9 Å². The maximum Gasteiger partial charge on any atom is 0.306 e. The highest BCUT2D eigenvalue weighted by molar-refractivity contribution is 7.89. The zero-order chi connectivity index (χ0) is 15.9. The summed E-state index contributed by atoms with van der Waals surface area (Å²) in [4.78, 5) is 15.1. The Bertz CT molecular complexity index is 842. The molecule has 0 atom stereocenters. The molecule has 6 nitrogen and oxygen atoms in total. The zero-order valence-electron chi connectivity index (χ0n) is 12.0. The monoisotopic (exact) mass is 320 g/mol. The van der Waals surface area contributed by atoms with E-state index in [0.29, 0.717) is 18.4 Å². The molecule has 0 unspecified atom stereocenters. The van der Waals surface area contributed by atoms with Crippen molar-refractivity contribution < 1.29 is 18.3 Å². The molecule has 1 aromatic carbocycles. The molecule has 0 aliphatic heterocycles. The first kappa shape index (κ1) is 14.9. The van der Waals surface area contributed by atoms with Crippen LogP contribution in [0.15, 0.2) is 35.4 Å². The highest BCUT2D eigenvalue weighted by Gasteiger charge is 2.37. The fourth-order valence-electron chi connectivity index (χ4n) is 2.66. The number of pyridine rings is 1. The molecule has 1 aliphatic carbocycles. The standard InChI is InChI=1S/C15H16N2O4S/c1-9-5-10-3-2-4-13(14(10)16-8-9)22(20,21)17-12-6-11(7-12)15(18)19/h2-5,8,11-12,17H,6-7H2,1H3,(H,18,19). The van der Waals surface area contributed by atoms with Gasteiger partial charge in [-0.1, -0.05) is 12.1 Å². The van der Waals surface area contributed by atoms with Crippen LogP contribution in [0.1, 0.15) is 18.4 Å². The Labute approximate surface area is 128 Å². The fourth-order valence-corrected chi connectivity index (χ4v) is 4.10. The molecule has 2 N–H and O–H groups in total. The number of para-hydroxylation sites is 1. The number of nitrogens with one attached hydrogen (secondary N) is 1. The van der Waals surface area contributed by atoms with Crippen LogP contribution >= 0.6 is 0 Å². The lowest BCUT2D eigenvalue weighted by Gasteiger charge is -2.32. The van der Waals surface area contributed by atoms with Gasteiger partial charge in [0.05, 0.1) is 11.4 Å². The first-order valence-electron chi connectivity index (χ1n) is 6.97. The van der Waals surface area contributed by atoms with Crippen molar-refractivity contribution in [3.63, 3.8) is 0 Å². The van der Waals surface area contributed by atoms with Crippen molar-refractivity contribution in [1.82, 2.24) is 9.71 Å². The molecule has 2 aromatic rings. The largest absolute Gasteiger partial charge is 0.481 e. The Morgan fingerprint density at radius 1 is 1.36 bits per heavy atom. The maximum absolute atomic E-state index is 12.5. The minimum absolute atomic E-state index is 0.128. The van der Waals surface area contributed by atoms with E-state index in [9.17, 15) is 13.2 Å². The number of hydrogen-bond acceptors (Lipinski definition) is 4. The molecule has 7 heteroatoms. The van der Waals surface area contributed by atoms with Crippen molar-refractivity contribution in [2.45, 2.75) is 30.7 Å². The third-order valence-corrected chi connectivity index (χ3v) is 5.46. The number of hydrogen-bond donors (Lipinski definition) is 2. The molecular formula is C15H16N2O4S. The van der Waals surface area contributed by atoms with Gasteiger partial charge in [-0.15, -0.1) is 0 Å². The topological polar surface area (TPSA) is 96.4 Å². The third-order valence-electron chi connectivity index (χ3n) is 3.91. The van der Waals surface area contributed by atoms with Crippen LogP contribution < -0.4 is 4.72 Å². The lowest BCUT2D eigenvalue weighted by molar-refractivity contribution is -0.145. The molecule has 0 bridgehead atoms. The lowest BCUT2D eigenvalue weighted by atomic mass is 9.81. The van der Waals surface area contributed by atoms with Gasteiger partial charge in [0.1, 0.15) is 4.90 Å². The SMILES string of the molecule is Cc1cnc2c(S(=O)(=O)NC3CC(C(=O)O)C3)cccc2c1. The summed E-state index contributed by atoms with van der Waals surface area (Å²) in [5, 5.41) is 9.61. The van der Waals surface area contributed by atoms with Gasteiger partial charge in [-0.05, 0) is 37.5 Å². The Morgan fingerprint density at radius 2 is 2.09 bits per heavy atom. The van der Waals surface area contributed by atoms with Crippen LogP contribution in [0.25, 0.3) is 10.9 Å². The molecule has 22 heavy (non-hydrogen) atoms. The molecule has 0 saturated heterocycles. The van der Waals surface area contributed by atoms with Crippen LogP contribution in [0, 0.1) is 12.8 Å². The second-order valence-corrected chi connectivity index (χ2v) is 7.35. The van der Waals surface area contributed by atoms with Gasteiger partial charge < -0.3 is 5.11 Å². The van der Waals surface area contributed by atoms with E-state index in [1.54, 1.807) is 12.3 Å². The van der Waals surface area contributed by atoms with E-state index in [1.165, 1.54) is 6.07 Å². The summed E-state index contributed by atoms with van der Waals surface area (Å²) < 4.78 is 27.6. The number of carbonyl (C=O) groups is 1. The maximum atomic E-state index is 12.5. The van der Waals surface area contributed by atoms with Crippen molar-refractivity contribution in [3.05, 3.63) is 36.0 Å². The number of carboxylic acids is 1. The molecule has 116 valence electrons. The number of nitrogens with zero attached hydrogens (tertiary/aromatic N) is 1. The first-order valence-corrected chi connectivity index (χ1v) is 8.45. The Morgan fingerprint density at radius 3 is 2.77 bits per heavy atom. The van der Waals surface area contributed by atoms with E-state index >= 15 is 0 Å². The molecular weight excluding hydrogens is 304 g/mol. The summed E-state index contributed by atoms with van der Waals surface area (Å²) in [6.07, 6.45) is 2.28. The van der Waals surface area contributed by atoms with E-state index < -0.39 is 21.9 Å². The van der Waals surface area contributed by atoms with Gasteiger partial charge in [-0.25, -0.2) is 13.1 Å². The van der Waals surface area contributed by atoms with Gasteiger partial charge >= 0.3 is 5.97 Å². The van der Waals surface area contributed by atoms with Crippen LogP contribution in [0.2, 0.25) is 0 Å². The average molecular weight is 320 g/mol. The van der Waals surface area contributed by atoms with E-state index in [0.717, 1.165) is 10.9 Å². The summed E-state index contributed by atoms with van der Waals surface area (Å²) >= 11 is 0. The number of aromatic nitrogens is 1. The number of rotatable bonds is 4. The average Bonchev–Trinajstić information content (AvgIpc) is 2.41. The number of carboxylic acid groups (broad SMARTS) is 1. The Balaban J connectivity index is 1.88. The quantitative estimate of drug-likeness (QED) is 0.893. The van der Waals surface area contributed by atoms with Gasteiger partial charge in [0, 0.05) is 17.6 Å². The second-order valence-electron chi connectivity index (χ2n) is 5.67. The predicted molar refractivity (Wildman–Crippen MR) is 80.9 cm³/mol. The Kier molecular flexibility index (Phi) is 3.62. The van der Waals surface area contributed by atoms with Crippen molar-refractivity contribution in [2.75, 3.05) is 0 Å². The summed E-state index contributed by atoms with van der Waals surface area (Å²) in [5.41, 5.74) is 1.38. The van der Waals surface area contributed by atoms with E-state index in [-0.39, 0.29) is 10.9 Å². The van der Waals surface area contributed by atoms with Gasteiger partial charge in [-0.2, -0.15) is 0 Å². The van der Waals surface area contributed by atoms with Crippen LogP contribution in [-0.2, 0) is 14.8 Å². The van der Waals surface area contributed by atoms with Crippen LogP contribution in [0.4, 0.5) is 0 Å². The van der Waals surface area contributed by atoms with Crippen LogP contribution in [0.5, 0.6) is 0 Å². The smallest absolute Gasteiger partial charge is 0.306 e. The molecule has 3 rings (SSSR count). The van der Waals surface area contributed by atoms with Crippen molar-refractivity contribution in [3.8, 4) is 0 Å². The van der Waals surface area contributed by atoms with Crippen LogP contribution in [-0.4, -0.2) is 30.5 Å². The van der Waals surface area contributed by atoms with Gasteiger partial charge in [0.15, 0.2) is 0 Å². The zero-order valence-corrected chi connectivity index (χ0v) is 12.8. The molecule has 1 aliphatic rings. The van der Waals surface area contributed by atoms with Gasteiger partial charge in [-0.3, -0.25) is 9.78 Å². The number of benzene rings is 1. The van der Waals surface area contributed by atoms with E-state index in [4.69, 9.17) is 5.11 Å². The van der Waals surface area contributed by atoms with Gasteiger partial charge in [0.2, 0.25) is 10.0 Å². The molecule has 1 fully saturated rings. The highest BCUT2D eigenvalue weighted by Crippen LogP contribution is 2.30. The number of sulfonamides is 1. The molecule has 0 radical (unpaired) electrons. The van der Waals surface area contributed by atoms with Gasteiger partial charge in [0.25, 0.3) is 0 Å². The van der Waals surface area contributed by atoms with E-state index in [1.807, 2.05) is 19.1 Å². The second kappa shape index (κ2) is 5.33. The Hall–Kier alpha value is -1.99. The number of aryl methyl sites for hydroxylation is 1. The molecule has 1 heterocycles. The minimum Gasteiger partial charge on any atom is -0.481 e. The minimum atomic E-state index is -3.71. The van der Waals surface area contributed by atoms with Crippen LogP contribution in [0.3, 0.4) is 0 Å². The normalized spacial score (nSPS) is 21.5. The molecule has 0 amide bonds. The highest BCUT2D eigenvalue weighted by atomic mass is 32.2.